The van der Waals surface area contributed by atoms with E-state index in [0.717, 1.165) is 6.07 Å². The Kier molecular flexibility index (Phi) is 4.57. The van der Waals surface area contributed by atoms with Crippen LogP contribution in [0.5, 0.6) is 0 Å². The number of nitro benzene ring substituents is 1. The molecule has 0 bridgehead atoms. The number of hydrogen-bond donors (Lipinski definition) is 0. The molecule has 134 valence electrons. The van der Waals surface area contributed by atoms with Crippen molar-refractivity contribution < 1.29 is 13.3 Å². The molecule has 0 N–H and O–H groups in total. The van der Waals surface area contributed by atoms with Crippen LogP contribution >= 0.6 is 11.6 Å². The van der Waals surface area contributed by atoms with Gasteiger partial charge < -0.3 is 0 Å². The topological polar surface area (TPSA) is 123 Å². The molecule has 1 aromatic carbocycles. The molecular formula is C14H11ClN6O4S. The summed E-state index contributed by atoms with van der Waals surface area (Å²) in [6, 6.07) is 6.28. The fourth-order valence-corrected chi connectivity index (χ4v) is 3.20. The molecule has 0 fully saturated rings. The van der Waals surface area contributed by atoms with E-state index in [1.54, 1.807) is 12.3 Å². The largest absolute Gasteiger partial charge is 0.278 e. The fourth-order valence-electron chi connectivity index (χ4n) is 2.07. The number of hydrazone groups is 1. The maximum atomic E-state index is 12.5. The van der Waals surface area contributed by atoms with Gasteiger partial charge in [-0.25, -0.2) is 9.50 Å². The minimum absolute atomic E-state index is 0.243. The van der Waals surface area contributed by atoms with Gasteiger partial charge in [0.1, 0.15) is 5.15 Å². The molecule has 2 aromatic heterocycles. The first-order valence-corrected chi connectivity index (χ1v) is 8.88. The van der Waals surface area contributed by atoms with Gasteiger partial charge in [0.25, 0.3) is 15.7 Å². The van der Waals surface area contributed by atoms with Crippen LogP contribution in [-0.2, 0) is 10.0 Å². The second-order valence-corrected chi connectivity index (χ2v) is 7.39. The number of halogens is 1. The fraction of sp³-hybridized carbons (Fsp3) is 0.0714. The number of fused-ring (bicyclic) bond motifs is 1. The number of nitrogens with zero attached hydrogens (tertiary/aromatic N) is 6. The third kappa shape index (κ3) is 3.34. The molecule has 26 heavy (non-hydrogen) atoms. The number of sulfonamides is 1. The Morgan fingerprint density at radius 3 is 2.88 bits per heavy atom. The van der Waals surface area contributed by atoms with Crippen LogP contribution in [0.25, 0.3) is 5.65 Å². The minimum atomic E-state index is -4.05. The van der Waals surface area contributed by atoms with Crippen molar-refractivity contribution in [2.45, 2.75) is 4.90 Å². The lowest BCUT2D eigenvalue weighted by Gasteiger charge is -2.13. The number of nitro groups is 1. The second-order valence-electron chi connectivity index (χ2n) is 5.06. The van der Waals surface area contributed by atoms with Crippen molar-refractivity contribution in [3.8, 4) is 0 Å². The van der Waals surface area contributed by atoms with Gasteiger partial charge in [-0.1, -0.05) is 17.7 Å². The summed E-state index contributed by atoms with van der Waals surface area (Å²) < 4.78 is 27.2. The third-order valence-corrected chi connectivity index (χ3v) is 5.25. The lowest BCUT2D eigenvalue weighted by Crippen LogP contribution is -2.22. The maximum absolute atomic E-state index is 12.5. The predicted octanol–water partition coefficient (Wildman–Crippen LogP) is 1.95. The van der Waals surface area contributed by atoms with Crippen LogP contribution in [0.2, 0.25) is 5.15 Å². The van der Waals surface area contributed by atoms with Gasteiger partial charge in [-0.05, 0) is 12.1 Å². The van der Waals surface area contributed by atoms with E-state index in [1.165, 1.54) is 42.2 Å². The molecule has 0 aliphatic carbocycles. The summed E-state index contributed by atoms with van der Waals surface area (Å²) >= 11 is 5.85. The number of rotatable bonds is 5. The average molecular weight is 395 g/mol. The van der Waals surface area contributed by atoms with Crippen molar-refractivity contribution >= 4 is 39.2 Å². The molecule has 0 saturated heterocycles. The Bertz CT molecular complexity index is 1130. The Labute approximate surface area is 152 Å². The number of non-ortho nitro benzene ring substituents is 1. The van der Waals surface area contributed by atoms with Crippen molar-refractivity contribution in [1.82, 2.24) is 19.0 Å². The Hall–Kier alpha value is -3.05. The first kappa shape index (κ1) is 17.8. The maximum Gasteiger partial charge on any atom is 0.278 e. The quantitative estimate of drug-likeness (QED) is 0.282. The SMILES string of the molecule is CN(/N=C/c1cnn2ccc(Cl)nc12)S(=O)(=O)c1cccc([N+](=O)[O-])c1. The van der Waals surface area contributed by atoms with E-state index in [4.69, 9.17) is 11.6 Å². The molecule has 0 unspecified atom stereocenters. The van der Waals surface area contributed by atoms with E-state index in [0.29, 0.717) is 15.6 Å². The highest BCUT2D eigenvalue weighted by Gasteiger charge is 2.22. The van der Waals surface area contributed by atoms with Gasteiger partial charge >= 0.3 is 0 Å². The first-order valence-electron chi connectivity index (χ1n) is 7.06. The normalized spacial score (nSPS) is 11.9. The van der Waals surface area contributed by atoms with Crippen molar-refractivity contribution in [2.75, 3.05) is 7.05 Å². The summed E-state index contributed by atoms with van der Waals surface area (Å²) in [5.41, 5.74) is 0.529. The van der Waals surface area contributed by atoms with Crippen LogP contribution < -0.4 is 0 Å². The van der Waals surface area contributed by atoms with E-state index in [9.17, 15) is 18.5 Å². The van der Waals surface area contributed by atoms with Gasteiger partial charge in [-0.15, -0.1) is 0 Å². The van der Waals surface area contributed by atoms with Crippen LogP contribution in [0.15, 0.2) is 52.7 Å². The third-order valence-electron chi connectivity index (χ3n) is 3.40. The van der Waals surface area contributed by atoms with Crippen LogP contribution in [0.1, 0.15) is 5.56 Å². The molecule has 3 rings (SSSR count). The highest BCUT2D eigenvalue weighted by atomic mass is 35.5. The summed E-state index contributed by atoms with van der Waals surface area (Å²) in [5.74, 6) is 0. The molecule has 2 heterocycles. The Morgan fingerprint density at radius 1 is 1.38 bits per heavy atom. The number of benzene rings is 1. The molecule has 0 aliphatic heterocycles. The van der Waals surface area contributed by atoms with E-state index >= 15 is 0 Å². The predicted molar refractivity (Wildman–Crippen MR) is 93.6 cm³/mol. The van der Waals surface area contributed by atoms with Crippen molar-refractivity contribution in [1.29, 1.82) is 0 Å². The number of aromatic nitrogens is 3. The van der Waals surface area contributed by atoms with Gasteiger partial charge in [-0.3, -0.25) is 10.1 Å². The standard InChI is InChI=1S/C14H11ClN6O4S/c1-19(26(24,25)12-4-2-3-11(7-12)21(22)23)16-8-10-9-17-20-6-5-13(15)18-14(10)20/h2-9H,1H3/b16-8+. The van der Waals surface area contributed by atoms with Gasteiger partial charge in [0.15, 0.2) is 5.65 Å². The van der Waals surface area contributed by atoms with Crippen molar-refractivity contribution in [3.05, 3.63) is 63.6 Å². The monoisotopic (exact) mass is 394 g/mol. The van der Waals surface area contributed by atoms with E-state index < -0.39 is 14.9 Å². The van der Waals surface area contributed by atoms with Crippen LogP contribution in [-0.4, -0.2) is 45.6 Å². The van der Waals surface area contributed by atoms with Crippen LogP contribution in [0.4, 0.5) is 5.69 Å². The smallest absolute Gasteiger partial charge is 0.258 e. The highest BCUT2D eigenvalue weighted by Crippen LogP contribution is 2.20. The highest BCUT2D eigenvalue weighted by molar-refractivity contribution is 7.89. The summed E-state index contributed by atoms with van der Waals surface area (Å²) in [4.78, 5) is 14.0. The van der Waals surface area contributed by atoms with Gasteiger partial charge in [-0.2, -0.15) is 23.0 Å². The van der Waals surface area contributed by atoms with Crippen molar-refractivity contribution in [3.63, 3.8) is 0 Å². The zero-order valence-corrected chi connectivity index (χ0v) is 14.8. The summed E-state index contributed by atoms with van der Waals surface area (Å²) in [5, 5.41) is 19.0. The Balaban J connectivity index is 1.91. The van der Waals surface area contributed by atoms with Gasteiger partial charge in [0.05, 0.1) is 27.8 Å². The lowest BCUT2D eigenvalue weighted by atomic mass is 10.3. The first-order chi connectivity index (χ1) is 12.3. The molecule has 0 saturated carbocycles. The molecule has 12 heteroatoms. The molecular weight excluding hydrogens is 384 g/mol. The summed E-state index contributed by atoms with van der Waals surface area (Å²) in [6.45, 7) is 0. The van der Waals surface area contributed by atoms with Gasteiger partial charge in [0.2, 0.25) is 0 Å². The molecule has 0 amide bonds. The van der Waals surface area contributed by atoms with Crippen LogP contribution in [0.3, 0.4) is 0 Å². The molecule has 0 aliphatic rings. The summed E-state index contributed by atoms with van der Waals surface area (Å²) in [7, 11) is -2.83. The number of hydrogen-bond acceptors (Lipinski definition) is 7. The zero-order chi connectivity index (χ0) is 18.9. The zero-order valence-electron chi connectivity index (χ0n) is 13.2. The van der Waals surface area contributed by atoms with E-state index in [2.05, 4.69) is 15.2 Å². The lowest BCUT2D eigenvalue weighted by molar-refractivity contribution is -0.385. The average Bonchev–Trinajstić information content (AvgIpc) is 3.01. The molecule has 0 radical (unpaired) electrons. The molecule has 0 spiro atoms. The Morgan fingerprint density at radius 2 is 2.15 bits per heavy atom. The second kappa shape index (κ2) is 6.69. The summed E-state index contributed by atoms with van der Waals surface area (Å²) in [6.07, 6.45) is 4.32. The van der Waals surface area contributed by atoms with Crippen molar-refractivity contribution in [2.24, 2.45) is 5.10 Å². The minimum Gasteiger partial charge on any atom is -0.258 e. The molecule has 10 nitrogen and oxygen atoms in total. The van der Waals surface area contributed by atoms with E-state index in [-0.39, 0.29) is 15.7 Å². The molecule has 0 atom stereocenters. The van der Waals surface area contributed by atoms with Crippen LogP contribution in [0, 0.1) is 10.1 Å². The van der Waals surface area contributed by atoms with Gasteiger partial charge in [0, 0.05) is 25.4 Å². The van der Waals surface area contributed by atoms with E-state index in [1.807, 2.05) is 0 Å². The molecule has 3 aromatic rings.